The van der Waals surface area contributed by atoms with Crippen LogP contribution in [0.3, 0.4) is 0 Å². The van der Waals surface area contributed by atoms with Crippen LogP contribution in [0.15, 0.2) is 45.9 Å². The summed E-state index contributed by atoms with van der Waals surface area (Å²) in [5.41, 5.74) is 5.99. The molecular weight excluding hydrogens is 267 g/mol. The maximum absolute atomic E-state index is 12.8. The molecule has 0 aliphatic rings. The van der Waals surface area contributed by atoms with Crippen LogP contribution >= 0.6 is 11.8 Å². The second-order valence-corrected chi connectivity index (χ2v) is 4.84. The van der Waals surface area contributed by atoms with Crippen LogP contribution in [0.25, 0.3) is 0 Å². The molecule has 6 heteroatoms. The molecule has 100 valence electrons. The summed E-state index contributed by atoms with van der Waals surface area (Å²) in [7, 11) is 0. The summed E-state index contributed by atoms with van der Waals surface area (Å²) >= 11 is 1.27. The zero-order valence-electron chi connectivity index (χ0n) is 10.1. The number of anilines is 1. The van der Waals surface area contributed by atoms with E-state index in [1.807, 2.05) is 0 Å². The number of nitrogens with two attached hydrogens (primary N) is 1. The molecule has 1 aromatic carbocycles. The predicted molar refractivity (Wildman–Crippen MR) is 72.1 cm³/mol. The lowest BCUT2D eigenvalue weighted by atomic mass is 10.3. The van der Waals surface area contributed by atoms with E-state index < -0.39 is 0 Å². The van der Waals surface area contributed by atoms with Gasteiger partial charge in [-0.05, 0) is 30.3 Å². The topological polar surface area (TPSA) is 68.3 Å². The van der Waals surface area contributed by atoms with Gasteiger partial charge in [-0.15, -0.1) is 11.8 Å². The molecule has 3 N–H and O–H groups in total. The van der Waals surface area contributed by atoms with Gasteiger partial charge in [-0.3, -0.25) is 4.79 Å². The van der Waals surface area contributed by atoms with Crippen LogP contribution in [0.5, 0.6) is 0 Å². The molecule has 4 nitrogen and oxygen atoms in total. The molecule has 0 spiro atoms. The summed E-state index contributed by atoms with van der Waals surface area (Å²) in [6.45, 7) is 0.352. The summed E-state index contributed by atoms with van der Waals surface area (Å²) in [5.74, 6) is 0.394. The number of hydrogen-bond acceptors (Lipinski definition) is 4. The Balaban J connectivity index is 1.80. The molecule has 0 aliphatic heterocycles. The average molecular weight is 280 g/mol. The van der Waals surface area contributed by atoms with Gasteiger partial charge in [-0.25, -0.2) is 4.39 Å². The van der Waals surface area contributed by atoms with Gasteiger partial charge >= 0.3 is 0 Å². The van der Waals surface area contributed by atoms with Crippen molar-refractivity contribution in [1.82, 2.24) is 5.32 Å². The molecule has 0 bridgehead atoms. The maximum Gasteiger partial charge on any atom is 0.230 e. The highest BCUT2D eigenvalue weighted by Crippen LogP contribution is 2.25. The highest BCUT2D eigenvalue weighted by atomic mass is 32.2. The van der Waals surface area contributed by atoms with Crippen molar-refractivity contribution in [2.75, 3.05) is 11.5 Å². The molecular formula is C13H13FN2O2S. The smallest absolute Gasteiger partial charge is 0.230 e. The van der Waals surface area contributed by atoms with Crippen molar-refractivity contribution >= 4 is 23.4 Å². The predicted octanol–water partition coefficient (Wildman–Crippen LogP) is 2.41. The van der Waals surface area contributed by atoms with E-state index in [1.54, 1.807) is 24.5 Å². The summed E-state index contributed by atoms with van der Waals surface area (Å²) in [5, 5.41) is 2.72. The minimum atomic E-state index is -0.385. The standard InChI is InChI=1S/C13H13FN2O2S/c14-9-3-4-12(11(15)6-9)19-8-13(17)16-7-10-2-1-5-18-10/h1-6H,7-8,15H2,(H,16,17). The summed E-state index contributed by atoms with van der Waals surface area (Å²) in [4.78, 5) is 12.3. The van der Waals surface area contributed by atoms with E-state index in [9.17, 15) is 9.18 Å². The third-order valence-corrected chi connectivity index (χ3v) is 3.46. The van der Waals surface area contributed by atoms with Crippen LogP contribution in [0.2, 0.25) is 0 Å². The lowest BCUT2D eigenvalue weighted by Crippen LogP contribution is -2.24. The number of furan rings is 1. The minimum absolute atomic E-state index is 0.134. The molecule has 1 aromatic heterocycles. The molecule has 0 aliphatic carbocycles. The number of carbonyl (C=O) groups is 1. The summed E-state index contributed by atoms with van der Waals surface area (Å²) < 4.78 is 17.9. The fourth-order valence-electron chi connectivity index (χ4n) is 1.44. The van der Waals surface area contributed by atoms with Gasteiger partial charge in [0.2, 0.25) is 5.91 Å². The third kappa shape index (κ3) is 4.03. The van der Waals surface area contributed by atoms with Gasteiger partial charge < -0.3 is 15.5 Å². The molecule has 0 atom stereocenters. The van der Waals surface area contributed by atoms with Gasteiger partial charge in [0.05, 0.1) is 18.6 Å². The van der Waals surface area contributed by atoms with Crippen LogP contribution in [0, 0.1) is 5.82 Å². The lowest BCUT2D eigenvalue weighted by Gasteiger charge is -2.06. The second-order valence-electron chi connectivity index (χ2n) is 3.83. The Bertz CT molecular complexity index is 558. The van der Waals surface area contributed by atoms with Crippen molar-refractivity contribution in [3.05, 3.63) is 48.2 Å². The van der Waals surface area contributed by atoms with Crippen LogP contribution in [-0.2, 0) is 11.3 Å². The Morgan fingerprint density at radius 1 is 1.42 bits per heavy atom. The number of rotatable bonds is 5. The van der Waals surface area contributed by atoms with Gasteiger partial charge in [-0.2, -0.15) is 0 Å². The first-order chi connectivity index (χ1) is 9.15. The fraction of sp³-hybridized carbons (Fsp3) is 0.154. The number of benzene rings is 1. The summed E-state index contributed by atoms with van der Waals surface area (Å²) in [6, 6.07) is 7.67. The first-order valence-corrected chi connectivity index (χ1v) is 6.60. The lowest BCUT2D eigenvalue weighted by molar-refractivity contribution is -0.118. The molecule has 0 saturated heterocycles. The molecule has 1 amide bonds. The second kappa shape index (κ2) is 6.29. The number of nitrogen functional groups attached to an aromatic ring is 1. The molecule has 1 heterocycles. The van der Waals surface area contributed by atoms with E-state index in [-0.39, 0.29) is 17.5 Å². The number of thioether (sulfide) groups is 1. The van der Waals surface area contributed by atoms with E-state index in [2.05, 4.69) is 5.32 Å². The normalized spacial score (nSPS) is 10.4. The Labute approximate surface area is 114 Å². The van der Waals surface area contributed by atoms with E-state index in [1.165, 1.54) is 23.9 Å². The quantitative estimate of drug-likeness (QED) is 0.652. The Kier molecular flexibility index (Phi) is 4.46. The molecule has 2 rings (SSSR count). The van der Waals surface area contributed by atoms with Crippen molar-refractivity contribution in [1.29, 1.82) is 0 Å². The first kappa shape index (κ1) is 13.5. The highest BCUT2D eigenvalue weighted by Gasteiger charge is 2.06. The van der Waals surface area contributed by atoms with Gasteiger partial charge in [0.1, 0.15) is 11.6 Å². The number of hydrogen-bond donors (Lipinski definition) is 2. The van der Waals surface area contributed by atoms with Crippen molar-refractivity contribution in [3.63, 3.8) is 0 Å². The number of halogens is 1. The van der Waals surface area contributed by atoms with Gasteiger partial charge in [0.15, 0.2) is 0 Å². The Hall–Kier alpha value is -1.95. The Morgan fingerprint density at radius 2 is 2.26 bits per heavy atom. The van der Waals surface area contributed by atoms with Crippen molar-refractivity contribution in [2.24, 2.45) is 0 Å². The molecule has 0 unspecified atom stereocenters. The zero-order chi connectivity index (χ0) is 13.7. The van der Waals surface area contributed by atoms with E-state index in [0.29, 0.717) is 22.9 Å². The molecule has 0 fully saturated rings. The molecule has 2 aromatic rings. The zero-order valence-corrected chi connectivity index (χ0v) is 10.9. The number of carbonyl (C=O) groups excluding carboxylic acids is 1. The van der Waals surface area contributed by atoms with Crippen LogP contribution in [0.4, 0.5) is 10.1 Å². The Morgan fingerprint density at radius 3 is 2.95 bits per heavy atom. The fourth-order valence-corrected chi connectivity index (χ4v) is 2.22. The van der Waals surface area contributed by atoms with E-state index in [0.717, 1.165) is 0 Å². The van der Waals surface area contributed by atoms with Crippen molar-refractivity contribution in [3.8, 4) is 0 Å². The number of nitrogens with one attached hydrogen (secondary N) is 1. The first-order valence-electron chi connectivity index (χ1n) is 5.62. The van der Waals surface area contributed by atoms with Crippen LogP contribution in [-0.4, -0.2) is 11.7 Å². The van der Waals surface area contributed by atoms with Gasteiger partial charge in [0.25, 0.3) is 0 Å². The maximum atomic E-state index is 12.8. The SMILES string of the molecule is Nc1cc(F)ccc1SCC(=O)NCc1ccco1. The molecule has 0 radical (unpaired) electrons. The minimum Gasteiger partial charge on any atom is -0.467 e. The molecule has 19 heavy (non-hydrogen) atoms. The molecule has 0 saturated carbocycles. The third-order valence-electron chi connectivity index (χ3n) is 2.37. The number of amides is 1. The van der Waals surface area contributed by atoms with Crippen molar-refractivity contribution < 1.29 is 13.6 Å². The monoisotopic (exact) mass is 280 g/mol. The highest BCUT2D eigenvalue weighted by molar-refractivity contribution is 8.00. The van der Waals surface area contributed by atoms with Gasteiger partial charge in [0, 0.05) is 10.6 Å². The van der Waals surface area contributed by atoms with Gasteiger partial charge in [-0.1, -0.05) is 0 Å². The summed E-state index contributed by atoms with van der Waals surface area (Å²) in [6.07, 6.45) is 1.55. The largest absolute Gasteiger partial charge is 0.467 e. The van der Waals surface area contributed by atoms with Crippen LogP contribution in [0.1, 0.15) is 5.76 Å². The van der Waals surface area contributed by atoms with E-state index >= 15 is 0 Å². The van der Waals surface area contributed by atoms with Crippen LogP contribution < -0.4 is 11.1 Å². The average Bonchev–Trinajstić information content (AvgIpc) is 2.88. The van der Waals surface area contributed by atoms with E-state index in [4.69, 9.17) is 10.2 Å². The van der Waals surface area contributed by atoms with Crippen molar-refractivity contribution in [2.45, 2.75) is 11.4 Å².